The van der Waals surface area contributed by atoms with Crippen molar-refractivity contribution in [3.8, 4) is 0 Å². The number of hydrogen-bond acceptors (Lipinski definition) is 4. The highest BCUT2D eigenvalue weighted by atomic mass is 32.2. The lowest BCUT2D eigenvalue weighted by atomic mass is 10.2. The zero-order valence-electron chi connectivity index (χ0n) is 13.0. The maximum absolute atomic E-state index is 12.9. The van der Waals surface area contributed by atoms with Crippen molar-refractivity contribution in [2.24, 2.45) is 0 Å². The van der Waals surface area contributed by atoms with E-state index < -0.39 is 0 Å². The lowest BCUT2D eigenvalue weighted by molar-refractivity contribution is 0.102. The lowest BCUT2D eigenvalue weighted by Crippen LogP contribution is -2.11. The first kappa shape index (κ1) is 17.6. The maximum Gasteiger partial charge on any atom is 0.257 e. The van der Waals surface area contributed by atoms with Crippen LogP contribution in [0.1, 0.15) is 21.6 Å². The SMILES string of the molecule is O=C(Nc1nc(CSCc2ccc(F)cc2)cs1)c1ccc(F)cc1. The van der Waals surface area contributed by atoms with Gasteiger partial charge in [0, 0.05) is 22.4 Å². The number of nitrogens with zero attached hydrogens (tertiary/aromatic N) is 1. The molecule has 128 valence electrons. The summed E-state index contributed by atoms with van der Waals surface area (Å²) in [5.41, 5.74) is 2.29. The predicted molar refractivity (Wildman–Crippen MR) is 97.9 cm³/mol. The fraction of sp³-hybridized carbons (Fsp3) is 0.111. The van der Waals surface area contributed by atoms with Gasteiger partial charge in [0.1, 0.15) is 11.6 Å². The summed E-state index contributed by atoms with van der Waals surface area (Å²) in [4.78, 5) is 16.4. The van der Waals surface area contributed by atoms with Crippen LogP contribution in [-0.2, 0) is 11.5 Å². The molecule has 1 heterocycles. The first-order valence-corrected chi connectivity index (χ1v) is 9.47. The zero-order chi connectivity index (χ0) is 17.6. The second-order valence-corrected chi connectivity index (χ2v) is 7.07. The number of thiazole rings is 1. The van der Waals surface area contributed by atoms with Gasteiger partial charge in [0.2, 0.25) is 0 Å². The van der Waals surface area contributed by atoms with Crippen LogP contribution < -0.4 is 5.32 Å². The van der Waals surface area contributed by atoms with Crippen molar-refractivity contribution in [3.05, 3.63) is 82.4 Å². The van der Waals surface area contributed by atoms with Gasteiger partial charge in [-0.1, -0.05) is 12.1 Å². The van der Waals surface area contributed by atoms with Crippen molar-refractivity contribution in [3.63, 3.8) is 0 Å². The molecule has 0 aliphatic heterocycles. The molecule has 3 aromatic rings. The van der Waals surface area contributed by atoms with Gasteiger partial charge in [0.15, 0.2) is 5.13 Å². The minimum atomic E-state index is -0.383. The standard InChI is InChI=1S/C18H14F2N2OS2/c19-14-5-1-12(2-6-14)9-24-10-16-11-25-18(21-16)22-17(23)13-3-7-15(20)8-4-13/h1-8,11H,9-10H2,(H,21,22,23). The minimum Gasteiger partial charge on any atom is -0.298 e. The van der Waals surface area contributed by atoms with Crippen molar-refractivity contribution in [1.82, 2.24) is 4.98 Å². The molecule has 2 aromatic carbocycles. The third kappa shape index (κ3) is 5.11. The number of carbonyl (C=O) groups is 1. The summed E-state index contributed by atoms with van der Waals surface area (Å²) in [5.74, 6) is 0.510. The first-order valence-electron chi connectivity index (χ1n) is 7.43. The van der Waals surface area contributed by atoms with Crippen LogP contribution in [0.3, 0.4) is 0 Å². The summed E-state index contributed by atoms with van der Waals surface area (Å²) < 4.78 is 25.7. The van der Waals surface area contributed by atoms with Gasteiger partial charge in [-0.25, -0.2) is 13.8 Å². The number of hydrogen-bond donors (Lipinski definition) is 1. The molecule has 1 N–H and O–H groups in total. The molecule has 0 bridgehead atoms. The summed E-state index contributed by atoms with van der Waals surface area (Å²) in [6.45, 7) is 0. The molecule has 0 unspecified atom stereocenters. The summed E-state index contributed by atoms with van der Waals surface area (Å²) in [6.07, 6.45) is 0. The van der Waals surface area contributed by atoms with Crippen LogP contribution in [0, 0.1) is 11.6 Å². The van der Waals surface area contributed by atoms with E-state index >= 15 is 0 Å². The molecular weight excluding hydrogens is 362 g/mol. The van der Waals surface area contributed by atoms with E-state index in [-0.39, 0.29) is 17.5 Å². The number of nitrogens with one attached hydrogen (secondary N) is 1. The van der Waals surface area contributed by atoms with Gasteiger partial charge in [0.25, 0.3) is 5.91 Å². The highest BCUT2D eigenvalue weighted by molar-refractivity contribution is 7.97. The Labute approximate surface area is 152 Å². The molecule has 1 aromatic heterocycles. The zero-order valence-corrected chi connectivity index (χ0v) is 14.7. The molecular formula is C18H14F2N2OS2. The smallest absolute Gasteiger partial charge is 0.257 e. The normalized spacial score (nSPS) is 10.6. The predicted octanol–water partition coefficient (Wildman–Crippen LogP) is 5.11. The van der Waals surface area contributed by atoms with E-state index in [2.05, 4.69) is 10.3 Å². The van der Waals surface area contributed by atoms with Gasteiger partial charge in [-0.05, 0) is 42.0 Å². The molecule has 0 saturated heterocycles. The summed E-state index contributed by atoms with van der Waals surface area (Å²) in [6, 6.07) is 11.8. The van der Waals surface area contributed by atoms with E-state index in [1.54, 1.807) is 23.9 Å². The van der Waals surface area contributed by atoms with Gasteiger partial charge in [0.05, 0.1) is 5.69 Å². The average molecular weight is 376 g/mol. The van der Waals surface area contributed by atoms with E-state index in [0.717, 1.165) is 17.0 Å². The Morgan fingerprint density at radius 1 is 1.00 bits per heavy atom. The Hall–Kier alpha value is -2.25. The van der Waals surface area contributed by atoms with Crippen LogP contribution in [-0.4, -0.2) is 10.9 Å². The number of benzene rings is 2. The molecule has 0 fully saturated rings. The molecule has 25 heavy (non-hydrogen) atoms. The second-order valence-electron chi connectivity index (χ2n) is 5.22. The van der Waals surface area contributed by atoms with Crippen LogP contribution in [0.5, 0.6) is 0 Å². The molecule has 0 aliphatic rings. The molecule has 0 spiro atoms. The molecule has 0 atom stereocenters. The van der Waals surface area contributed by atoms with Crippen LogP contribution in [0.25, 0.3) is 0 Å². The van der Waals surface area contributed by atoms with Gasteiger partial charge < -0.3 is 0 Å². The van der Waals surface area contributed by atoms with Crippen LogP contribution in [0.2, 0.25) is 0 Å². The highest BCUT2D eigenvalue weighted by Crippen LogP contribution is 2.22. The average Bonchev–Trinajstić information content (AvgIpc) is 3.04. The summed E-state index contributed by atoms with van der Waals surface area (Å²) in [7, 11) is 0. The van der Waals surface area contributed by atoms with E-state index in [1.165, 1.54) is 47.7 Å². The van der Waals surface area contributed by atoms with Crippen molar-refractivity contribution in [2.45, 2.75) is 11.5 Å². The monoisotopic (exact) mass is 376 g/mol. The Balaban J connectivity index is 1.51. The Kier molecular flexibility index (Phi) is 5.78. The molecule has 0 radical (unpaired) electrons. The van der Waals surface area contributed by atoms with E-state index in [1.807, 2.05) is 5.38 Å². The molecule has 0 saturated carbocycles. The molecule has 1 amide bonds. The summed E-state index contributed by atoms with van der Waals surface area (Å²) in [5, 5.41) is 5.10. The number of thioether (sulfide) groups is 1. The molecule has 7 heteroatoms. The maximum atomic E-state index is 12.9. The molecule has 3 nitrogen and oxygen atoms in total. The van der Waals surface area contributed by atoms with Gasteiger partial charge in [-0.2, -0.15) is 11.8 Å². The number of rotatable bonds is 6. The largest absolute Gasteiger partial charge is 0.298 e. The van der Waals surface area contributed by atoms with E-state index in [4.69, 9.17) is 0 Å². The quantitative estimate of drug-likeness (QED) is 0.650. The number of halogens is 2. The fourth-order valence-electron chi connectivity index (χ4n) is 2.06. The van der Waals surface area contributed by atoms with Gasteiger partial charge in [-0.15, -0.1) is 11.3 Å². The van der Waals surface area contributed by atoms with Crippen LogP contribution in [0.15, 0.2) is 53.9 Å². The van der Waals surface area contributed by atoms with Crippen molar-refractivity contribution in [1.29, 1.82) is 0 Å². The van der Waals surface area contributed by atoms with Gasteiger partial charge in [-0.3, -0.25) is 10.1 Å². The molecule has 0 aliphatic carbocycles. The number of aromatic nitrogens is 1. The third-order valence-electron chi connectivity index (χ3n) is 3.31. The van der Waals surface area contributed by atoms with E-state index in [9.17, 15) is 13.6 Å². The van der Waals surface area contributed by atoms with Crippen molar-refractivity contribution in [2.75, 3.05) is 5.32 Å². The van der Waals surface area contributed by atoms with Crippen molar-refractivity contribution < 1.29 is 13.6 Å². The Bertz CT molecular complexity index is 848. The van der Waals surface area contributed by atoms with Crippen LogP contribution >= 0.6 is 23.1 Å². The van der Waals surface area contributed by atoms with Gasteiger partial charge >= 0.3 is 0 Å². The minimum absolute atomic E-state index is 0.241. The second kappa shape index (κ2) is 8.22. The highest BCUT2D eigenvalue weighted by Gasteiger charge is 2.09. The molecule has 3 rings (SSSR count). The topological polar surface area (TPSA) is 42.0 Å². The number of carbonyl (C=O) groups excluding carboxylic acids is 1. The van der Waals surface area contributed by atoms with Crippen molar-refractivity contribution >= 4 is 34.1 Å². The Morgan fingerprint density at radius 3 is 2.32 bits per heavy atom. The lowest BCUT2D eigenvalue weighted by Gasteiger charge is -2.02. The van der Waals surface area contributed by atoms with Crippen LogP contribution in [0.4, 0.5) is 13.9 Å². The Morgan fingerprint density at radius 2 is 1.64 bits per heavy atom. The summed E-state index contributed by atoms with van der Waals surface area (Å²) >= 11 is 3.01. The first-order chi connectivity index (χ1) is 12.1. The number of anilines is 1. The fourth-order valence-corrected chi connectivity index (χ4v) is 3.75. The number of amides is 1. The third-order valence-corrected chi connectivity index (χ3v) is 5.15. The van der Waals surface area contributed by atoms with E-state index in [0.29, 0.717) is 16.4 Å².